The molecule has 0 bridgehead atoms. The molecule has 3 heterocycles. The van der Waals surface area contributed by atoms with E-state index < -0.39 is 73.9 Å². The summed E-state index contributed by atoms with van der Waals surface area (Å²) in [7, 11) is -2.16. The molecule has 0 aromatic carbocycles. The molecule has 3 rings (SSSR count). The molecule has 3 aliphatic heterocycles. The van der Waals surface area contributed by atoms with Gasteiger partial charge in [-0.05, 0) is 74.5 Å². The normalized spacial score (nSPS) is 32.7. The maximum Gasteiger partial charge on any atom is 0.417 e. The number of amides is 2. The van der Waals surface area contributed by atoms with E-state index in [1.807, 2.05) is 33.5 Å². The van der Waals surface area contributed by atoms with Crippen molar-refractivity contribution in [3.8, 4) is 0 Å². The van der Waals surface area contributed by atoms with Crippen LogP contribution in [0.25, 0.3) is 0 Å². The first-order valence-corrected chi connectivity index (χ1v) is 15.7. The van der Waals surface area contributed by atoms with Crippen molar-refractivity contribution in [2.75, 3.05) is 13.2 Å². The molecule has 35 heavy (non-hydrogen) atoms. The lowest BCUT2D eigenvalue weighted by molar-refractivity contribution is -0.159. The molecule has 0 unspecified atom stereocenters. The van der Waals surface area contributed by atoms with Gasteiger partial charge < -0.3 is 33.2 Å². The summed E-state index contributed by atoms with van der Waals surface area (Å²) in [5.74, 6) is -3.09. The Labute approximate surface area is 209 Å². The molecule has 0 aliphatic carbocycles. The minimum absolute atomic E-state index is 0.150. The Kier molecular flexibility index (Phi) is 7.86. The highest BCUT2D eigenvalue weighted by atomic mass is 28.4. The van der Waals surface area contributed by atoms with Gasteiger partial charge in [-0.2, -0.15) is 0 Å². The second kappa shape index (κ2) is 9.66. The number of carbonyl (C=O) groups is 2. The molecule has 3 aliphatic rings. The van der Waals surface area contributed by atoms with Crippen molar-refractivity contribution in [1.82, 2.24) is 4.90 Å². The molecule has 0 aromatic rings. The van der Waals surface area contributed by atoms with Crippen molar-refractivity contribution in [3.63, 3.8) is 0 Å². The highest BCUT2D eigenvalue weighted by Gasteiger charge is 2.56. The van der Waals surface area contributed by atoms with Gasteiger partial charge in [0.2, 0.25) is 5.91 Å². The third-order valence-electron chi connectivity index (χ3n) is 6.06. The summed E-state index contributed by atoms with van der Waals surface area (Å²) in [6, 6.07) is -0.707. The van der Waals surface area contributed by atoms with E-state index in [0.29, 0.717) is 0 Å². The number of rotatable bonds is 6. The SMILES string of the molecule is CC(C)(C)OC(=O)N1C(=O)[C@H]([C@@H](O)[C@@H]2COC(C)(C)O2)C[C@@H]1[C@H](O[Si](C)(C)C)[C@H]1COC(C)(C)O1. The number of carbonyl (C=O) groups excluding carboxylic acids is 2. The summed E-state index contributed by atoms with van der Waals surface area (Å²) in [4.78, 5) is 28.1. The van der Waals surface area contributed by atoms with Crippen LogP contribution >= 0.6 is 0 Å². The number of hydrogen-bond acceptors (Lipinski definition) is 9. The zero-order valence-corrected chi connectivity index (χ0v) is 23.7. The third-order valence-corrected chi connectivity index (χ3v) is 7.04. The molecule has 10 nitrogen and oxygen atoms in total. The van der Waals surface area contributed by atoms with Crippen LogP contribution in [0.5, 0.6) is 0 Å². The van der Waals surface area contributed by atoms with Gasteiger partial charge in [-0.25, -0.2) is 9.69 Å². The summed E-state index contributed by atoms with van der Waals surface area (Å²) in [6.45, 7) is 18.9. The van der Waals surface area contributed by atoms with Crippen molar-refractivity contribution in [1.29, 1.82) is 0 Å². The first-order valence-electron chi connectivity index (χ1n) is 12.3. The number of ether oxygens (including phenoxy) is 5. The molecule has 0 radical (unpaired) electrons. The van der Waals surface area contributed by atoms with Crippen LogP contribution in [0.3, 0.4) is 0 Å². The monoisotopic (exact) mass is 517 g/mol. The van der Waals surface area contributed by atoms with E-state index in [2.05, 4.69) is 0 Å². The second-order valence-electron chi connectivity index (χ2n) is 12.5. The molecule has 0 saturated carbocycles. The number of aliphatic hydroxyl groups excluding tert-OH is 1. The van der Waals surface area contributed by atoms with Crippen molar-refractivity contribution in [2.45, 2.75) is 122 Å². The van der Waals surface area contributed by atoms with Gasteiger partial charge >= 0.3 is 6.09 Å². The van der Waals surface area contributed by atoms with E-state index in [-0.39, 0.29) is 19.6 Å². The van der Waals surface area contributed by atoms with Gasteiger partial charge in [0.05, 0.1) is 37.4 Å². The van der Waals surface area contributed by atoms with Crippen molar-refractivity contribution in [2.24, 2.45) is 5.92 Å². The maximum absolute atomic E-state index is 13.7. The largest absolute Gasteiger partial charge is 0.443 e. The molecular weight excluding hydrogens is 474 g/mol. The Morgan fingerprint density at radius 2 is 1.57 bits per heavy atom. The average Bonchev–Trinajstić information content (AvgIpc) is 3.31. The summed E-state index contributed by atoms with van der Waals surface area (Å²) >= 11 is 0. The standard InChI is InChI=1S/C24H43NO9Si/c1-22(2,3)33-21(28)25-15(19(34-35(8,9)10)17-13-30-24(6,7)32-17)11-14(20(25)27)18(26)16-12-29-23(4,5)31-16/h14-19,26H,11-13H2,1-10H3/t14-,15+,16-,17+,18+,19-/m0/s1. The fourth-order valence-electron chi connectivity index (χ4n) is 4.74. The molecule has 6 atom stereocenters. The van der Waals surface area contributed by atoms with Gasteiger partial charge in [-0.3, -0.25) is 4.79 Å². The molecule has 0 aromatic heterocycles. The van der Waals surface area contributed by atoms with Crippen molar-refractivity contribution >= 4 is 20.3 Å². The summed E-state index contributed by atoms with van der Waals surface area (Å²) in [6.07, 6.45) is -3.60. The number of imide groups is 1. The highest BCUT2D eigenvalue weighted by Crippen LogP contribution is 2.39. The minimum atomic E-state index is -2.16. The van der Waals surface area contributed by atoms with Crippen LogP contribution in [0, 0.1) is 5.92 Å². The zero-order valence-electron chi connectivity index (χ0n) is 22.7. The first kappa shape index (κ1) is 28.5. The smallest absolute Gasteiger partial charge is 0.417 e. The van der Waals surface area contributed by atoms with Gasteiger partial charge in [0, 0.05) is 0 Å². The maximum atomic E-state index is 13.7. The first-order chi connectivity index (χ1) is 15.8. The Bertz CT molecular complexity index is 804. The van der Waals surface area contributed by atoms with Crippen LogP contribution < -0.4 is 0 Å². The molecule has 0 spiro atoms. The fourth-order valence-corrected chi connectivity index (χ4v) is 5.87. The lowest BCUT2D eigenvalue weighted by atomic mass is 9.92. The van der Waals surface area contributed by atoms with E-state index in [9.17, 15) is 14.7 Å². The molecule has 3 saturated heterocycles. The van der Waals surface area contributed by atoms with E-state index in [0.717, 1.165) is 4.90 Å². The van der Waals surface area contributed by atoms with Crippen LogP contribution in [-0.2, 0) is 32.9 Å². The predicted molar refractivity (Wildman–Crippen MR) is 129 cm³/mol. The van der Waals surface area contributed by atoms with Crippen molar-refractivity contribution < 1.29 is 42.8 Å². The van der Waals surface area contributed by atoms with Crippen LogP contribution in [0.15, 0.2) is 0 Å². The predicted octanol–water partition coefficient (Wildman–Crippen LogP) is 3.02. The molecule has 11 heteroatoms. The molecule has 1 N–H and O–H groups in total. The summed E-state index contributed by atoms with van der Waals surface area (Å²) in [5, 5.41) is 11.2. The average molecular weight is 518 g/mol. The van der Waals surface area contributed by atoms with Crippen LogP contribution in [0.2, 0.25) is 19.6 Å². The molecular formula is C24H43NO9Si. The highest BCUT2D eigenvalue weighted by molar-refractivity contribution is 6.69. The Balaban J connectivity index is 1.95. The van der Waals surface area contributed by atoms with E-state index in [1.165, 1.54) is 0 Å². The van der Waals surface area contributed by atoms with Gasteiger partial charge in [0.15, 0.2) is 19.9 Å². The molecule has 2 amide bonds. The van der Waals surface area contributed by atoms with Gasteiger partial charge in [0.1, 0.15) is 17.8 Å². The summed E-state index contributed by atoms with van der Waals surface area (Å²) < 4.78 is 35.5. The number of aliphatic hydroxyl groups is 1. The second-order valence-corrected chi connectivity index (χ2v) is 17.0. The molecule has 202 valence electrons. The minimum Gasteiger partial charge on any atom is -0.443 e. The van der Waals surface area contributed by atoms with Crippen molar-refractivity contribution in [3.05, 3.63) is 0 Å². The quantitative estimate of drug-likeness (QED) is 0.531. The molecule has 3 fully saturated rings. The number of hydrogen-bond donors (Lipinski definition) is 1. The Hall–Kier alpha value is -1.08. The lowest BCUT2D eigenvalue weighted by Crippen LogP contribution is -2.55. The fraction of sp³-hybridized carbons (Fsp3) is 0.917. The third kappa shape index (κ3) is 7.03. The van der Waals surface area contributed by atoms with Gasteiger partial charge in [-0.15, -0.1) is 0 Å². The van der Waals surface area contributed by atoms with Crippen LogP contribution in [-0.4, -0.2) is 91.2 Å². The Morgan fingerprint density at radius 1 is 1.06 bits per heavy atom. The van der Waals surface area contributed by atoms with Crippen LogP contribution in [0.4, 0.5) is 4.79 Å². The van der Waals surface area contributed by atoms with Gasteiger partial charge in [0.25, 0.3) is 0 Å². The van der Waals surface area contributed by atoms with E-state index >= 15 is 0 Å². The summed E-state index contributed by atoms with van der Waals surface area (Å²) in [5.41, 5.74) is -0.810. The Morgan fingerprint density at radius 3 is 2.00 bits per heavy atom. The number of likely N-dealkylation sites (tertiary alicyclic amines) is 1. The van der Waals surface area contributed by atoms with Gasteiger partial charge in [-0.1, -0.05) is 0 Å². The van der Waals surface area contributed by atoms with Crippen LogP contribution in [0.1, 0.15) is 54.9 Å². The topological polar surface area (TPSA) is 113 Å². The van der Waals surface area contributed by atoms with E-state index in [4.69, 9.17) is 28.1 Å². The van der Waals surface area contributed by atoms with E-state index in [1.54, 1.807) is 34.6 Å². The number of nitrogens with zero attached hydrogens (tertiary/aromatic N) is 1. The zero-order chi connectivity index (χ0) is 26.6. The lowest BCUT2D eigenvalue weighted by Gasteiger charge is -2.37.